The van der Waals surface area contributed by atoms with Crippen LogP contribution in [0.5, 0.6) is 0 Å². The van der Waals surface area contributed by atoms with E-state index in [0.717, 1.165) is 6.42 Å². The molecule has 1 aliphatic rings. The summed E-state index contributed by atoms with van der Waals surface area (Å²) in [5.41, 5.74) is 6.48. The standard InChI is InChI=1S/C13H17N5O2S/c1-7(19)17-8-3-4-18(6-8)13-10(12(20)16-2)11(15)9(5-14)21-13/h8H,3-4,6,15H2,1-2H3,(H,16,20)(H,17,19). The molecule has 0 aromatic carbocycles. The lowest BCUT2D eigenvalue weighted by atomic mass is 10.2. The molecule has 1 aromatic rings. The third-order valence-corrected chi connectivity index (χ3v) is 4.54. The number of nitrogen functional groups attached to an aromatic ring is 1. The fraction of sp³-hybridized carbons (Fsp3) is 0.462. The average Bonchev–Trinajstić information content (AvgIpc) is 3.01. The maximum absolute atomic E-state index is 12.0. The number of amides is 2. The fourth-order valence-electron chi connectivity index (χ4n) is 2.43. The minimum absolute atomic E-state index is 0.0499. The van der Waals surface area contributed by atoms with Crippen LogP contribution in [0, 0.1) is 11.3 Å². The quantitative estimate of drug-likeness (QED) is 0.742. The zero-order chi connectivity index (χ0) is 15.6. The predicted octanol–water partition coefficient (Wildman–Crippen LogP) is 0.276. The van der Waals surface area contributed by atoms with Gasteiger partial charge >= 0.3 is 0 Å². The summed E-state index contributed by atoms with van der Waals surface area (Å²) < 4.78 is 0. The van der Waals surface area contributed by atoms with E-state index in [4.69, 9.17) is 11.0 Å². The number of hydrogen-bond donors (Lipinski definition) is 3. The number of nitriles is 1. The van der Waals surface area contributed by atoms with Gasteiger partial charge in [0, 0.05) is 33.1 Å². The van der Waals surface area contributed by atoms with Crippen molar-refractivity contribution < 1.29 is 9.59 Å². The summed E-state index contributed by atoms with van der Waals surface area (Å²) in [6.07, 6.45) is 0.798. The topological polar surface area (TPSA) is 111 Å². The van der Waals surface area contributed by atoms with E-state index >= 15 is 0 Å². The second kappa shape index (κ2) is 6.01. The summed E-state index contributed by atoms with van der Waals surface area (Å²) >= 11 is 1.21. The Morgan fingerprint density at radius 1 is 1.52 bits per heavy atom. The van der Waals surface area contributed by atoms with Crippen LogP contribution in [-0.4, -0.2) is 38.0 Å². The number of carbonyl (C=O) groups excluding carboxylic acids is 2. The first-order chi connectivity index (χ1) is 9.97. The summed E-state index contributed by atoms with van der Waals surface area (Å²) in [5.74, 6) is -0.375. The van der Waals surface area contributed by atoms with Crippen LogP contribution in [0.1, 0.15) is 28.6 Å². The summed E-state index contributed by atoms with van der Waals surface area (Å²) in [5, 5.41) is 15.2. The SMILES string of the molecule is CNC(=O)c1c(N2CCC(NC(C)=O)C2)sc(C#N)c1N. The van der Waals surface area contributed by atoms with E-state index in [9.17, 15) is 9.59 Å². The van der Waals surface area contributed by atoms with Crippen LogP contribution < -0.4 is 21.3 Å². The first kappa shape index (κ1) is 15.1. The van der Waals surface area contributed by atoms with Crippen molar-refractivity contribution in [2.45, 2.75) is 19.4 Å². The van der Waals surface area contributed by atoms with Crippen molar-refractivity contribution in [1.29, 1.82) is 5.26 Å². The second-order valence-corrected chi connectivity index (χ2v) is 5.85. The molecule has 4 N–H and O–H groups in total. The molecule has 8 heteroatoms. The zero-order valence-corrected chi connectivity index (χ0v) is 12.7. The second-order valence-electron chi connectivity index (χ2n) is 4.85. The van der Waals surface area contributed by atoms with Crippen LogP contribution in [0.4, 0.5) is 10.7 Å². The monoisotopic (exact) mass is 307 g/mol. The molecule has 1 aromatic heterocycles. The van der Waals surface area contributed by atoms with Gasteiger partial charge in [0.15, 0.2) is 0 Å². The molecule has 1 fully saturated rings. The molecule has 112 valence electrons. The third-order valence-electron chi connectivity index (χ3n) is 3.37. The van der Waals surface area contributed by atoms with E-state index < -0.39 is 0 Å². The summed E-state index contributed by atoms with van der Waals surface area (Å²) in [4.78, 5) is 25.5. The molecule has 21 heavy (non-hydrogen) atoms. The lowest BCUT2D eigenvalue weighted by Crippen LogP contribution is -2.35. The Balaban J connectivity index is 2.30. The largest absolute Gasteiger partial charge is 0.396 e. The Hall–Kier alpha value is -2.27. The van der Waals surface area contributed by atoms with Crippen molar-refractivity contribution in [3.05, 3.63) is 10.4 Å². The van der Waals surface area contributed by atoms with Gasteiger partial charge in [-0.2, -0.15) is 5.26 Å². The lowest BCUT2D eigenvalue weighted by Gasteiger charge is -2.18. The number of nitrogens with zero attached hydrogens (tertiary/aromatic N) is 2. The summed E-state index contributed by atoms with van der Waals surface area (Å²) in [7, 11) is 1.53. The maximum Gasteiger partial charge on any atom is 0.256 e. The van der Waals surface area contributed by atoms with E-state index in [1.807, 2.05) is 11.0 Å². The molecule has 1 unspecified atom stereocenters. The Bertz CT molecular complexity index is 619. The number of nitrogens with two attached hydrogens (primary N) is 1. The summed E-state index contributed by atoms with van der Waals surface area (Å²) in [6, 6.07) is 2.07. The van der Waals surface area contributed by atoms with Gasteiger partial charge in [-0.15, -0.1) is 11.3 Å². The Kier molecular flexibility index (Phi) is 4.33. The molecular weight excluding hydrogens is 290 g/mol. The number of anilines is 2. The van der Waals surface area contributed by atoms with E-state index in [-0.39, 0.29) is 23.5 Å². The van der Waals surface area contributed by atoms with Crippen LogP contribution >= 0.6 is 11.3 Å². The molecule has 1 atom stereocenters. The zero-order valence-electron chi connectivity index (χ0n) is 11.9. The molecule has 2 heterocycles. The predicted molar refractivity (Wildman–Crippen MR) is 81.3 cm³/mol. The first-order valence-electron chi connectivity index (χ1n) is 6.54. The van der Waals surface area contributed by atoms with E-state index in [2.05, 4.69) is 10.6 Å². The number of rotatable bonds is 3. The van der Waals surface area contributed by atoms with Crippen molar-refractivity contribution >= 4 is 33.8 Å². The van der Waals surface area contributed by atoms with Gasteiger partial charge < -0.3 is 21.3 Å². The molecule has 0 bridgehead atoms. The number of carbonyl (C=O) groups is 2. The molecule has 2 rings (SSSR count). The summed E-state index contributed by atoms with van der Waals surface area (Å²) in [6.45, 7) is 2.80. The smallest absolute Gasteiger partial charge is 0.256 e. The Morgan fingerprint density at radius 3 is 2.81 bits per heavy atom. The van der Waals surface area contributed by atoms with Crippen LogP contribution in [-0.2, 0) is 4.79 Å². The molecule has 0 saturated carbocycles. The van der Waals surface area contributed by atoms with Crippen LogP contribution in [0.2, 0.25) is 0 Å². The van der Waals surface area contributed by atoms with Gasteiger partial charge in [0.25, 0.3) is 5.91 Å². The van der Waals surface area contributed by atoms with Gasteiger partial charge in [-0.3, -0.25) is 9.59 Å². The van der Waals surface area contributed by atoms with Crippen molar-refractivity contribution in [2.24, 2.45) is 0 Å². The molecule has 1 aliphatic heterocycles. The van der Waals surface area contributed by atoms with E-state index in [0.29, 0.717) is 28.5 Å². The van der Waals surface area contributed by atoms with Gasteiger partial charge in [0.2, 0.25) is 5.91 Å². The molecule has 0 spiro atoms. The van der Waals surface area contributed by atoms with Gasteiger partial charge in [0.1, 0.15) is 15.9 Å². The highest BCUT2D eigenvalue weighted by Gasteiger charge is 2.30. The van der Waals surface area contributed by atoms with E-state index in [1.165, 1.54) is 25.3 Å². The third kappa shape index (κ3) is 2.92. The molecule has 2 amide bonds. The lowest BCUT2D eigenvalue weighted by molar-refractivity contribution is -0.119. The van der Waals surface area contributed by atoms with Crippen molar-refractivity contribution in [2.75, 3.05) is 30.8 Å². The normalized spacial score (nSPS) is 17.4. The molecule has 1 saturated heterocycles. The van der Waals surface area contributed by atoms with E-state index in [1.54, 1.807) is 0 Å². The van der Waals surface area contributed by atoms with Crippen molar-refractivity contribution in [1.82, 2.24) is 10.6 Å². The van der Waals surface area contributed by atoms with Gasteiger partial charge in [-0.05, 0) is 6.42 Å². The highest BCUT2D eigenvalue weighted by atomic mass is 32.1. The number of thiophene rings is 1. The minimum Gasteiger partial charge on any atom is -0.396 e. The van der Waals surface area contributed by atoms with Gasteiger partial charge in [0.05, 0.1) is 11.3 Å². The molecule has 0 aliphatic carbocycles. The van der Waals surface area contributed by atoms with Crippen LogP contribution in [0.25, 0.3) is 0 Å². The Morgan fingerprint density at radius 2 is 2.24 bits per heavy atom. The number of hydrogen-bond acceptors (Lipinski definition) is 6. The van der Waals surface area contributed by atoms with Gasteiger partial charge in [-0.1, -0.05) is 0 Å². The van der Waals surface area contributed by atoms with Crippen LogP contribution in [0.3, 0.4) is 0 Å². The highest BCUT2D eigenvalue weighted by molar-refractivity contribution is 7.17. The van der Waals surface area contributed by atoms with Crippen molar-refractivity contribution in [3.8, 4) is 6.07 Å². The van der Waals surface area contributed by atoms with Crippen LogP contribution in [0.15, 0.2) is 0 Å². The first-order valence-corrected chi connectivity index (χ1v) is 7.36. The molecule has 7 nitrogen and oxygen atoms in total. The Labute approximate surface area is 126 Å². The van der Waals surface area contributed by atoms with Gasteiger partial charge in [-0.25, -0.2) is 0 Å². The number of nitrogens with one attached hydrogen (secondary N) is 2. The fourth-order valence-corrected chi connectivity index (χ4v) is 3.48. The maximum atomic E-state index is 12.0. The highest BCUT2D eigenvalue weighted by Crippen LogP contribution is 2.39. The van der Waals surface area contributed by atoms with Crippen molar-refractivity contribution in [3.63, 3.8) is 0 Å². The minimum atomic E-state index is -0.303. The molecular formula is C13H17N5O2S. The molecule has 0 radical (unpaired) electrons. The average molecular weight is 307 g/mol.